The zero-order valence-electron chi connectivity index (χ0n) is 17.5. The molecule has 4 rings (SSSR count). The number of hydrogen-bond acceptors (Lipinski definition) is 7. The second-order valence-electron chi connectivity index (χ2n) is 8.62. The molecule has 2 aromatic rings. The fraction of sp³-hybridized carbons (Fsp3) is 0.750. The van der Waals surface area contributed by atoms with Gasteiger partial charge in [-0.3, -0.25) is 4.90 Å². The maximum atomic E-state index is 10.4. The number of rotatable bonds is 5. The molecular weight excluding hydrogens is 392 g/mol. The molecular formula is C20H31ClN6O2. The Balaban J connectivity index is 1.52. The Morgan fingerprint density at radius 3 is 2.72 bits per heavy atom. The van der Waals surface area contributed by atoms with Crippen LogP contribution in [0.5, 0.6) is 0 Å². The molecule has 0 aromatic carbocycles. The Kier molecular flexibility index (Phi) is 5.97. The zero-order valence-corrected chi connectivity index (χ0v) is 18.3. The van der Waals surface area contributed by atoms with Crippen molar-refractivity contribution in [3.8, 4) is 0 Å². The number of aromatic nitrogens is 4. The minimum atomic E-state index is -0.787. The normalized spacial score (nSPS) is 24.2. The fourth-order valence-electron chi connectivity index (χ4n) is 4.45. The van der Waals surface area contributed by atoms with Crippen LogP contribution < -0.4 is 4.90 Å². The second-order valence-corrected chi connectivity index (χ2v) is 8.88. The van der Waals surface area contributed by atoms with Gasteiger partial charge in [0.05, 0.1) is 37.3 Å². The van der Waals surface area contributed by atoms with Gasteiger partial charge in [0.2, 0.25) is 0 Å². The first-order chi connectivity index (χ1) is 13.9. The molecule has 2 aliphatic heterocycles. The number of fused-ring (bicyclic) bond motifs is 1. The van der Waals surface area contributed by atoms with Crippen LogP contribution in [0.25, 0.3) is 11.2 Å². The number of piperidine rings is 1. The van der Waals surface area contributed by atoms with Crippen molar-refractivity contribution in [3.63, 3.8) is 0 Å². The van der Waals surface area contributed by atoms with Crippen molar-refractivity contribution in [3.05, 3.63) is 12.2 Å². The van der Waals surface area contributed by atoms with E-state index in [-0.39, 0.29) is 17.8 Å². The van der Waals surface area contributed by atoms with E-state index in [2.05, 4.69) is 31.3 Å². The predicted octanol–water partition coefficient (Wildman–Crippen LogP) is 1.79. The van der Waals surface area contributed by atoms with Crippen molar-refractivity contribution in [2.75, 3.05) is 43.6 Å². The van der Waals surface area contributed by atoms with Crippen molar-refractivity contribution >= 4 is 28.6 Å². The molecule has 1 N–H and O–H groups in total. The standard InChI is InChI=1S/C20H31ClN6O2/c1-14-11-29-9-8-27(14)19-17-18(22-13-23-19)25(3)16(24-17)10-26-6-4-15(5-7-26)20(2,28)12-21/h13-15,28H,4-12H2,1-3H3/t14-,20?/m1/s1. The molecule has 2 fully saturated rings. The molecule has 0 radical (unpaired) electrons. The molecule has 0 bridgehead atoms. The summed E-state index contributed by atoms with van der Waals surface area (Å²) in [5.41, 5.74) is 0.938. The molecule has 2 aliphatic rings. The SMILES string of the molecule is C[C@@H]1COCCN1c1ncnc2c1nc(CN1CCC(C(C)(O)CCl)CC1)n2C. The van der Waals surface area contributed by atoms with Gasteiger partial charge in [0.15, 0.2) is 17.0 Å². The third-order valence-corrected chi connectivity index (χ3v) is 7.01. The van der Waals surface area contributed by atoms with E-state index >= 15 is 0 Å². The summed E-state index contributed by atoms with van der Waals surface area (Å²) in [6, 6.07) is 0.265. The average molecular weight is 423 g/mol. The van der Waals surface area contributed by atoms with Crippen molar-refractivity contribution in [1.29, 1.82) is 0 Å². The number of anilines is 1. The lowest BCUT2D eigenvalue weighted by atomic mass is 9.83. The Labute approximate surface area is 176 Å². The number of aryl methyl sites for hydroxylation is 1. The van der Waals surface area contributed by atoms with Crippen LogP contribution in [0, 0.1) is 5.92 Å². The Hall–Kier alpha value is -1.48. The second kappa shape index (κ2) is 8.34. The van der Waals surface area contributed by atoms with E-state index in [1.807, 2.05) is 14.0 Å². The lowest BCUT2D eigenvalue weighted by Crippen LogP contribution is -2.44. The first kappa shape index (κ1) is 20.8. The van der Waals surface area contributed by atoms with Gasteiger partial charge in [0.1, 0.15) is 12.2 Å². The van der Waals surface area contributed by atoms with Crippen LogP contribution in [0.15, 0.2) is 6.33 Å². The molecule has 29 heavy (non-hydrogen) atoms. The molecule has 4 heterocycles. The topological polar surface area (TPSA) is 79.5 Å². The van der Waals surface area contributed by atoms with Gasteiger partial charge >= 0.3 is 0 Å². The van der Waals surface area contributed by atoms with Crippen molar-refractivity contribution in [1.82, 2.24) is 24.4 Å². The van der Waals surface area contributed by atoms with Crippen molar-refractivity contribution in [2.24, 2.45) is 13.0 Å². The van der Waals surface area contributed by atoms with Gasteiger partial charge in [0, 0.05) is 13.6 Å². The molecule has 2 saturated heterocycles. The predicted molar refractivity (Wildman–Crippen MR) is 113 cm³/mol. The lowest BCUT2D eigenvalue weighted by Gasteiger charge is -2.38. The van der Waals surface area contributed by atoms with Crippen molar-refractivity contribution in [2.45, 2.75) is 44.9 Å². The van der Waals surface area contributed by atoms with Gasteiger partial charge in [-0.15, -0.1) is 11.6 Å². The minimum Gasteiger partial charge on any atom is -0.389 e. The molecule has 1 unspecified atom stereocenters. The lowest BCUT2D eigenvalue weighted by molar-refractivity contribution is -0.0111. The van der Waals surface area contributed by atoms with Crippen LogP contribution in [-0.4, -0.2) is 79.9 Å². The molecule has 160 valence electrons. The highest BCUT2D eigenvalue weighted by atomic mass is 35.5. The summed E-state index contributed by atoms with van der Waals surface area (Å²) >= 11 is 5.95. The van der Waals surface area contributed by atoms with E-state index < -0.39 is 5.60 Å². The number of hydrogen-bond donors (Lipinski definition) is 1. The van der Waals surface area contributed by atoms with Crippen LogP contribution in [-0.2, 0) is 18.3 Å². The first-order valence-corrected chi connectivity index (χ1v) is 11.0. The largest absolute Gasteiger partial charge is 0.389 e. The van der Waals surface area contributed by atoms with Gasteiger partial charge in [-0.1, -0.05) is 0 Å². The minimum absolute atomic E-state index is 0.247. The third-order valence-electron chi connectivity index (χ3n) is 6.47. The Bertz CT molecular complexity index is 849. The van der Waals surface area contributed by atoms with E-state index in [9.17, 15) is 5.11 Å². The third kappa shape index (κ3) is 4.08. The maximum Gasteiger partial charge on any atom is 0.165 e. The van der Waals surface area contributed by atoms with Crippen molar-refractivity contribution < 1.29 is 9.84 Å². The van der Waals surface area contributed by atoms with Gasteiger partial charge in [0.25, 0.3) is 0 Å². The molecule has 2 aromatic heterocycles. The van der Waals surface area contributed by atoms with Gasteiger partial charge in [-0.2, -0.15) is 0 Å². The monoisotopic (exact) mass is 422 g/mol. The van der Waals surface area contributed by atoms with Crippen LogP contribution in [0.4, 0.5) is 5.82 Å². The van der Waals surface area contributed by atoms with E-state index in [1.165, 1.54) is 0 Å². The highest BCUT2D eigenvalue weighted by molar-refractivity contribution is 6.18. The number of halogens is 1. The van der Waals surface area contributed by atoms with Crippen LogP contribution >= 0.6 is 11.6 Å². The van der Waals surface area contributed by atoms with Crippen LogP contribution in [0.1, 0.15) is 32.5 Å². The fourth-order valence-corrected chi connectivity index (χ4v) is 4.67. The number of likely N-dealkylation sites (tertiary alicyclic amines) is 1. The molecule has 0 spiro atoms. The number of nitrogens with zero attached hydrogens (tertiary/aromatic N) is 6. The Morgan fingerprint density at radius 1 is 1.28 bits per heavy atom. The smallest absolute Gasteiger partial charge is 0.165 e. The van der Waals surface area contributed by atoms with E-state index in [4.69, 9.17) is 21.3 Å². The quantitative estimate of drug-likeness (QED) is 0.736. The highest BCUT2D eigenvalue weighted by Gasteiger charge is 2.34. The molecule has 0 saturated carbocycles. The summed E-state index contributed by atoms with van der Waals surface area (Å²) in [5, 5.41) is 10.4. The number of ether oxygens (including phenoxy) is 1. The van der Waals surface area contributed by atoms with Gasteiger partial charge in [-0.25, -0.2) is 15.0 Å². The molecule has 2 atom stereocenters. The van der Waals surface area contributed by atoms with Crippen LogP contribution in [0.3, 0.4) is 0 Å². The summed E-state index contributed by atoms with van der Waals surface area (Å²) < 4.78 is 7.65. The number of aliphatic hydroxyl groups is 1. The molecule has 0 amide bonds. The first-order valence-electron chi connectivity index (χ1n) is 10.4. The number of alkyl halides is 1. The Morgan fingerprint density at radius 2 is 2.03 bits per heavy atom. The average Bonchev–Trinajstić information content (AvgIpc) is 3.04. The highest BCUT2D eigenvalue weighted by Crippen LogP contribution is 2.30. The summed E-state index contributed by atoms with van der Waals surface area (Å²) in [4.78, 5) is 18.7. The van der Waals surface area contributed by atoms with Gasteiger partial charge < -0.3 is 19.3 Å². The van der Waals surface area contributed by atoms with Crippen LogP contribution in [0.2, 0.25) is 0 Å². The zero-order chi connectivity index (χ0) is 20.6. The van der Waals surface area contributed by atoms with Gasteiger partial charge in [-0.05, 0) is 45.7 Å². The summed E-state index contributed by atoms with van der Waals surface area (Å²) in [6.07, 6.45) is 3.52. The maximum absolute atomic E-state index is 10.4. The summed E-state index contributed by atoms with van der Waals surface area (Å²) in [5.74, 6) is 2.41. The van der Waals surface area contributed by atoms with E-state index in [0.717, 1.165) is 61.8 Å². The van der Waals surface area contributed by atoms with E-state index in [1.54, 1.807) is 6.33 Å². The molecule has 0 aliphatic carbocycles. The van der Waals surface area contributed by atoms with E-state index in [0.29, 0.717) is 13.2 Å². The molecule has 8 nitrogen and oxygen atoms in total. The number of imidazole rings is 1. The summed E-state index contributed by atoms with van der Waals surface area (Å²) in [7, 11) is 2.02. The molecule has 9 heteroatoms. The number of morpholine rings is 1. The summed E-state index contributed by atoms with van der Waals surface area (Å²) in [6.45, 7) is 8.84.